The molecule has 1 aliphatic rings. The molecule has 0 aromatic rings. The van der Waals surface area contributed by atoms with Crippen molar-refractivity contribution in [1.29, 1.82) is 0 Å². The molecule has 0 spiro atoms. The van der Waals surface area contributed by atoms with Crippen LogP contribution in [0.2, 0.25) is 0 Å². The highest BCUT2D eigenvalue weighted by Gasteiger charge is 2.44. The normalized spacial score (nSPS) is 21.0. The van der Waals surface area contributed by atoms with E-state index in [2.05, 4.69) is 31.3 Å². The van der Waals surface area contributed by atoms with E-state index in [-0.39, 0.29) is 12.5 Å². The molecule has 0 aromatic heterocycles. The Kier molecular flexibility index (Phi) is 37.0. The molecule has 6 N–H and O–H groups in total. The molecule has 57 heavy (non-hydrogen) atoms. The van der Waals surface area contributed by atoms with Gasteiger partial charge in [-0.1, -0.05) is 199 Å². The smallest absolute Gasteiger partial charge is 0.220 e. The molecule has 1 saturated heterocycles. The Hall–Kier alpha value is -1.07. The minimum absolute atomic E-state index is 0.135. The molecule has 7 atom stereocenters. The Morgan fingerprint density at radius 1 is 0.579 bits per heavy atom. The molecular weight excluding hydrogens is 719 g/mol. The minimum atomic E-state index is -1.55. The topological polar surface area (TPSA) is 149 Å². The Morgan fingerprint density at radius 2 is 0.982 bits per heavy atom. The van der Waals surface area contributed by atoms with Crippen LogP contribution in [0.25, 0.3) is 0 Å². The summed E-state index contributed by atoms with van der Waals surface area (Å²) in [6.45, 7) is 3.84. The van der Waals surface area contributed by atoms with Gasteiger partial charge in [-0.2, -0.15) is 0 Å². The molecule has 1 amide bonds. The predicted molar refractivity (Wildman–Crippen MR) is 235 cm³/mol. The van der Waals surface area contributed by atoms with Gasteiger partial charge in [0.05, 0.1) is 25.4 Å². The number of rotatable bonds is 41. The van der Waals surface area contributed by atoms with E-state index in [0.717, 1.165) is 38.5 Å². The maximum Gasteiger partial charge on any atom is 0.220 e. The van der Waals surface area contributed by atoms with Crippen LogP contribution >= 0.6 is 0 Å². The zero-order valence-corrected chi connectivity index (χ0v) is 37.1. The highest BCUT2D eigenvalue weighted by molar-refractivity contribution is 5.76. The SMILES string of the molecule is CCCCCCCC/C=C/CCCCCCCCCCCCCC(=O)N[C@@H](CO[C@H]1O[C@@H](CO)[C@H](O)C(O)C1O)[C@H](O)CCCCCCCCCCCCCCC. The third-order valence-corrected chi connectivity index (χ3v) is 11.9. The predicted octanol–water partition coefficient (Wildman–Crippen LogP) is 10.5. The Balaban J connectivity index is 2.26. The van der Waals surface area contributed by atoms with Gasteiger partial charge in [0.25, 0.3) is 0 Å². The summed E-state index contributed by atoms with van der Waals surface area (Å²) >= 11 is 0. The zero-order chi connectivity index (χ0) is 41.6. The van der Waals surface area contributed by atoms with E-state index >= 15 is 0 Å². The fraction of sp³-hybridized carbons (Fsp3) is 0.938. The molecule has 1 heterocycles. The van der Waals surface area contributed by atoms with Crippen LogP contribution in [0.3, 0.4) is 0 Å². The number of unbranched alkanes of at least 4 members (excludes halogenated alkanes) is 29. The number of aliphatic hydroxyl groups excluding tert-OH is 5. The van der Waals surface area contributed by atoms with Gasteiger partial charge in [-0.15, -0.1) is 0 Å². The van der Waals surface area contributed by atoms with Crippen molar-refractivity contribution in [3.8, 4) is 0 Å². The number of hydrogen-bond acceptors (Lipinski definition) is 8. The number of carbonyl (C=O) groups is 1. The van der Waals surface area contributed by atoms with Crippen LogP contribution < -0.4 is 5.32 Å². The molecule has 0 aliphatic carbocycles. The zero-order valence-electron chi connectivity index (χ0n) is 37.1. The number of nitrogens with one attached hydrogen (secondary N) is 1. The van der Waals surface area contributed by atoms with Crippen molar-refractivity contribution in [3.63, 3.8) is 0 Å². The first-order valence-electron chi connectivity index (χ1n) is 24.4. The summed E-state index contributed by atoms with van der Waals surface area (Å²) in [6, 6.07) is -0.714. The molecule has 1 fully saturated rings. The van der Waals surface area contributed by atoms with E-state index in [1.807, 2.05) is 0 Å². The molecule has 338 valence electrons. The minimum Gasteiger partial charge on any atom is -0.394 e. The van der Waals surface area contributed by atoms with Crippen LogP contribution in [0.1, 0.15) is 232 Å². The Morgan fingerprint density at radius 3 is 1.42 bits per heavy atom. The third-order valence-electron chi connectivity index (χ3n) is 11.9. The standard InChI is InChI=1S/C48H93NO8/c1-3-5-7-9-11-13-15-17-18-19-20-21-22-23-24-26-28-30-32-34-36-38-44(52)49-41(40-56-48-47(55)46(54)45(53)43(39-50)57-48)42(51)37-35-33-31-29-27-25-16-14-12-10-8-6-4-2/h17-18,41-43,45-48,50-51,53-55H,3-16,19-40H2,1-2H3,(H,49,52)/b18-17+/t41-,42+,43-,45-,46?,47?,48-/m0/s1. The summed E-state index contributed by atoms with van der Waals surface area (Å²) in [4.78, 5) is 13.0. The van der Waals surface area contributed by atoms with Gasteiger partial charge in [0.1, 0.15) is 24.4 Å². The molecule has 0 saturated carbocycles. The van der Waals surface area contributed by atoms with Crippen LogP contribution in [0.5, 0.6) is 0 Å². The molecule has 1 rings (SSSR count). The summed E-state index contributed by atoms with van der Waals surface area (Å²) in [5.41, 5.74) is 0. The number of carbonyl (C=O) groups excluding carboxylic acids is 1. The number of ether oxygens (including phenoxy) is 2. The molecule has 2 unspecified atom stereocenters. The summed E-state index contributed by atoms with van der Waals surface area (Å²) in [5, 5.41) is 54.4. The summed E-state index contributed by atoms with van der Waals surface area (Å²) in [7, 11) is 0. The van der Waals surface area contributed by atoms with Gasteiger partial charge in [0.15, 0.2) is 6.29 Å². The second kappa shape index (κ2) is 39.1. The average Bonchev–Trinajstić information content (AvgIpc) is 3.21. The van der Waals surface area contributed by atoms with E-state index in [4.69, 9.17) is 9.47 Å². The monoisotopic (exact) mass is 812 g/mol. The molecule has 0 bridgehead atoms. The van der Waals surface area contributed by atoms with Gasteiger partial charge in [-0.3, -0.25) is 4.79 Å². The van der Waals surface area contributed by atoms with Crippen molar-refractivity contribution in [1.82, 2.24) is 5.32 Å². The third kappa shape index (κ3) is 29.7. The van der Waals surface area contributed by atoms with Gasteiger partial charge < -0.3 is 40.3 Å². The molecule has 1 aliphatic heterocycles. The van der Waals surface area contributed by atoms with Crippen LogP contribution in [-0.2, 0) is 14.3 Å². The largest absolute Gasteiger partial charge is 0.394 e. The number of hydrogen-bond donors (Lipinski definition) is 6. The molecule has 0 radical (unpaired) electrons. The van der Waals surface area contributed by atoms with Crippen LogP contribution in [0.4, 0.5) is 0 Å². The lowest BCUT2D eigenvalue weighted by Gasteiger charge is -2.40. The second-order valence-electron chi connectivity index (χ2n) is 17.3. The van der Waals surface area contributed by atoms with Crippen molar-refractivity contribution in [2.24, 2.45) is 0 Å². The molecule has 9 heteroatoms. The highest BCUT2D eigenvalue weighted by Crippen LogP contribution is 2.23. The first-order valence-corrected chi connectivity index (χ1v) is 24.4. The Bertz CT molecular complexity index is 904. The molecular formula is C48H93NO8. The maximum absolute atomic E-state index is 13.0. The van der Waals surface area contributed by atoms with Gasteiger partial charge in [-0.05, 0) is 38.5 Å². The second-order valence-corrected chi connectivity index (χ2v) is 17.3. The van der Waals surface area contributed by atoms with E-state index in [0.29, 0.717) is 12.8 Å². The fourth-order valence-electron chi connectivity index (χ4n) is 7.92. The van der Waals surface area contributed by atoms with Crippen LogP contribution in [-0.4, -0.2) is 87.5 Å². The molecule has 0 aromatic carbocycles. The van der Waals surface area contributed by atoms with Gasteiger partial charge in [-0.25, -0.2) is 0 Å². The van der Waals surface area contributed by atoms with Crippen molar-refractivity contribution in [2.45, 2.75) is 275 Å². The Labute approximate surface area is 350 Å². The van der Waals surface area contributed by atoms with E-state index in [9.17, 15) is 30.3 Å². The van der Waals surface area contributed by atoms with E-state index in [1.165, 1.54) is 167 Å². The van der Waals surface area contributed by atoms with Crippen molar-refractivity contribution < 1.29 is 39.8 Å². The highest BCUT2D eigenvalue weighted by atomic mass is 16.7. The van der Waals surface area contributed by atoms with Crippen molar-refractivity contribution in [3.05, 3.63) is 12.2 Å². The summed E-state index contributed by atoms with van der Waals surface area (Å²) < 4.78 is 11.3. The summed E-state index contributed by atoms with van der Waals surface area (Å²) in [6.07, 6.45) is 37.9. The number of amides is 1. The number of allylic oxidation sites excluding steroid dienone is 2. The maximum atomic E-state index is 13.0. The van der Waals surface area contributed by atoms with E-state index < -0.39 is 49.5 Å². The first-order chi connectivity index (χ1) is 27.8. The van der Waals surface area contributed by atoms with Gasteiger partial charge in [0.2, 0.25) is 5.91 Å². The lowest BCUT2D eigenvalue weighted by molar-refractivity contribution is -0.302. The lowest BCUT2D eigenvalue weighted by atomic mass is 9.99. The quantitative estimate of drug-likeness (QED) is 0.0264. The average molecular weight is 812 g/mol. The molecule has 9 nitrogen and oxygen atoms in total. The fourth-order valence-corrected chi connectivity index (χ4v) is 7.92. The lowest BCUT2D eigenvalue weighted by Crippen LogP contribution is -2.60. The number of aliphatic hydroxyl groups is 5. The van der Waals surface area contributed by atoms with Gasteiger partial charge in [0, 0.05) is 6.42 Å². The van der Waals surface area contributed by atoms with Crippen molar-refractivity contribution in [2.75, 3.05) is 13.2 Å². The van der Waals surface area contributed by atoms with Crippen LogP contribution in [0, 0.1) is 0 Å². The first kappa shape index (κ1) is 53.9. The van der Waals surface area contributed by atoms with Crippen molar-refractivity contribution >= 4 is 5.91 Å². The van der Waals surface area contributed by atoms with E-state index in [1.54, 1.807) is 0 Å². The van der Waals surface area contributed by atoms with Crippen LogP contribution in [0.15, 0.2) is 12.2 Å². The van der Waals surface area contributed by atoms with Gasteiger partial charge >= 0.3 is 0 Å². The summed E-state index contributed by atoms with van der Waals surface area (Å²) in [5.74, 6) is -0.143.